The molecule has 0 bridgehead atoms. The molecule has 0 amide bonds. The fraction of sp³-hybridized carbons (Fsp3) is 0.200. The van der Waals surface area contributed by atoms with Crippen molar-refractivity contribution in [3.8, 4) is 11.3 Å². The first-order chi connectivity index (χ1) is 17.0. The lowest BCUT2D eigenvalue weighted by Crippen LogP contribution is -2.19. The normalized spacial score (nSPS) is 11.6. The van der Waals surface area contributed by atoms with Gasteiger partial charge in [-0.05, 0) is 26.0 Å². The van der Waals surface area contributed by atoms with Crippen LogP contribution in [0.1, 0.15) is 25.5 Å². The molecule has 178 valence electrons. The molecular formula is C25H24N6O4. The van der Waals surface area contributed by atoms with Gasteiger partial charge in [-0.1, -0.05) is 48.5 Å². The number of fused-ring (bicyclic) bond motifs is 1. The van der Waals surface area contributed by atoms with Gasteiger partial charge in [0.1, 0.15) is 12.9 Å². The molecule has 35 heavy (non-hydrogen) atoms. The number of nitrogens with one attached hydrogen (secondary N) is 2. The molecule has 2 N–H and O–H groups in total. The van der Waals surface area contributed by atoms with E-state index in [0.717, 1.165) is 27.7 Å². The highest BCUT2D eigenvalue weighted by Gasteiger charge is 2.26. The first-order valence-corrected chi connectivity index (χ1v) is 11.1. The Kier molecular flexibility index (Phi) is 7.10. The molecule has 2 heterocycles. The number of aromatic nitrogens is 3. The predicted molar refractivity (Wildman–Crippen MR) is 133 cm³/mol. The average Bonchev–Trinajstić information content (AvgIpc) is 2.87. The summed E-state index contributed by atoms with van der Waals surface area (Å²) in [5, 5.41) is 18.7. The number of esters is 1. The number of nitro groups is 1. The van der Waals surface area contributed by atoms with Crippen molar-refractivity contribution < 1.29 is 14.5 Å². The number of anilines is 2. The zero-order chi connectivity index (χ0) is 24.8. The lowest BCUT2D eigenvalue weighted by atomic mass is 9.98. The van der Waals surface area contributed by atoms with Crippen LogP contribution in [0.5, 0.6) is 0 Å². The van der Waals surface area contributed by atoms with Crippen LogP contribution < -0.4 is 10.6 Å². The van der Waals surface area contributed by atoms with Crippen LogP contribution in [0.3, 0.4) is 0 Å². The molecule has 0 spiro atoms. The summed E-state index contributed by atoms with van der Waals surface area (Å²) in [6.45, 7) is 3.52. The molecule has 0 saturated heterocycles. The zero-order valence-corrected chi connectivity index (χ0v) is 19.3. The fourth-order valence-electron chi connectivity index (χ4n) is 3.73. The van der Waals surface area contributed by atoms with Crippen molar-refractivity contribution in [1.29, 1.82) is 0 Å². The van der Waals surface area contributed by atoms with Crippen LogP contribution in [-0.4, -0.2) is 39.0 Å². The Hall–Kier alpha value is -4.60. The third kappa shape index (κ3) is 5.32. The van der Waals surface area contributed by atoms with Crippen molar-refractivity contribution >= 4 is 34.2 Å². The van der Waals surface area contributed by atoms with Gasteiger partial charge in [0.25, 0.3) is 0 Å². The van der Waals surface area contributed by atoms with Crippen molar-refractivity contribution in [3.63, 3.8) is 0 Å². The van der Waals surface area contributed by atoms with E-state index in [1.54, 1.807) is 6.92 Å². The Balaban J connectivity index is 1.71. The number of ether oxygens (including phenoxy) is 1. The van der Waals surface area contributed by atoms with E-state index in [-0.39, 0.29) is 30.5 Å². The Morgan fingerprint density at radius 2 is 1.80 bits per heavy atom. The van der Waals surface area contributed by atoms with Gasteiger partial charge in [-0.3, -0.25) is 14.9 Å². The smallest absolute Gasteiger partial charge is 0.353 e. The van der Waals surface area contributed by atoms with Crippen LogP contribution in [0.2, 0.25) is 0 Å². The van der Waals surface area contributed by atoms with Gasteiger partial charge in [0, 0.05) is 16.5 Å². The van der Waals surface area contributed by atoms with Crippen molar-refractivity contribution in [2.75, 3.05) is 23.8 Å². The summed E-state index contributed by atoms with van der Waals surface area (Å²) in [6, 6.07) is 19.2. The van der Waals surface area contributed by atoms with Gasteiger partial charge in [0.05, 0.1) is 28.8 Å². The van der Waals surface area contributed by atoms with Crippen molar-refractivity contribution in [2.45, 2.75) is 19.9 Å². The molecule has 2 aromatic heterocycles. The number of hydrogen-bond acceptors (Lipinski definition) is 9. The highest BCUT2D eigenvalue weighted by atomic mass is 16.6. The van der Waals surface area contributed by atoms with Gasteiger partial charge < -0.3 is 15.4 Å². The molecule has 0 saturated carbocycles. The lowest BCUT2D eigenvalue weighted by molar-refractivity contribution is -0.383. The molecule has 0 aliphatic rings. The molecular weight excluding hydrogens is 448 g/mol. The maximum Gasteiger partial charge on any atom is 0.353 e. The number of pyridine rings is 1. The number of carbonyl (C=O) groups excluding carboxylic acids is 1. The van der Waals surface area contributed by atoms with E-state index < -0.39 is 16.9 Å². The van der Waals surface area contributed by atoms with E-state index in [9.17, 15) is 14.9 Å². The summed E-state index contributed by atoms with van der Waals surface area (Å²) >= 11 is 0. The van der Waals surface area contributed by atoms with Gasteiger partial charge in [-0.25, -0.2) is 15.0 Å². The molecule has 0 fully saturated rings. The highest BCUT2D eigenvalue weighted by molar-refractivity contribution is 5.84. The quantitative estimate of drug-likeness (QED) is 0.201. The highest BCUT2D eigenvalue weighted by Crippen LogP contribution is 2.35. The minimum absolute atomic E-state index is 0.0241. The van der Waals surface area contributed by atoms with Crippen molar-refractivity contribution in [3.05, 3.63) is 82.7 Å². The summed E-state index contributed by atoms with van der Waals surface area (Å²) in [5.41, 5.74) is 3.03. The molecule has 4 rings (SSSR count). The fourth-order valence-corrected chi connectivity index (χ4v) is 3.73. The maximum absolute atomic E-state index is 11.9. The summed E-state index contributed by atoms with van der Waals surface area (Å²) in [4.78, 5) is 36.0. The van der Waals surface area contributed by atoms with Gasteiger partial charge in [-0.15, -0.1) is 0 Å². The van der Waals surface area contributed by atoms with Crippen LogP contribution in [0.4, 0.5) is 17.3 Å². The Bertz CT molecular complexity index is 1360. The number of benzene rings is 2. The number of para-hydroxylation sites is 1. The monoisotopic (exact) mass is 472 g/mol. The molecule has 0 radical (unpaired) electrons. The van der Waals surface area contributed by atoms with E-state index in [2.05, 4.69) is 20.6 Å². The molecule has 2 aromatic carbocycles. The van der Waals surface area contributed by atoms with Gasteiger partial charge in [0.2, 0.25) is 11.6 Å². The number of carbonyl (C=O) groups is 1. The largest absolute Gasteiger partial charge is 0.465 e. The van der Waals surface area contributed by atoms with Crippen molar-refractivity contribution in [2.24, 2.45) is 0 Å². The van der Waals surface area contributed by atoms with E-state index >= 15 is 0 Å². The second-order valence-corrected chi connectivity index (χ2v) is 7.69. The van der Waals surface area contributed by atoms with Crippen LogP contribution >= 0.6 is 0 Å². The summed E-state index contributed by atoms with van der Waals surface area (Å²) in [6.07, 6.45) is 1.20. The number of hydrogen-bond donors (Lipinski definition) is 2. The topological polar surface area (TPSA) is 132 Å². The minimum atomic E-state index is -0.584. The van der Waals surface area contributed by atoms with E-state index in [1.807, 2.05) is 67.6 Å². The van der Waals surface area contributed by atoms with E-state index in [0.29, 0.717) is 0 Å². The van der Waals surface area contributed by atoms with Gasteiger partial charge in [0.15, 0.2) is 0 Å². The molecule has 1 unspecified atom stereocenters. The molecule has 0 aliphatic carbocycles. The van der Waals surface area contributed by atoms with Crippen molar-refractivity contribution in [1.82, 2.24) is 15.0 Å². The van der Waals surface area contributed by atoms with Gasteiger partial charge >= 0.3 is 11.7 Å². The second kappa shape index (κ2) is 10.6. The number of nitrogens with zero attached hydrogens (tertiary/aromatic N) is 4. The average molecular weight is 473 g/mol. The van der Waals surface area contributed by atoms with Crippen LogP contribution in [0, 0.1) is 10.1 Å². The van der Waals surface area contributed by atoms with Crippen LogP contribution in [-0.2, 0) is 9.53 Å². The van der Waals surface area contributed by atoms with Crippen LogP contribution in [0.15, 0.2) is 67.0 Å². The summed E-state index contributed by atoms with van der Waals surface area (Å²) in [7, 11) is 0. The maximum atomic E-state index is 11.9. The summed E-state index contributed by atoms with van der Waals surface area (Å²) < 4.78 is 4.87. The van der Waals surface area contributed by atoms with Crippen LogP contribution in [0.25, 0.3) is 22.2 Å². The minimum Gasteiger partial charge on any atom is -0.465 e. The second-order valence-electron chi connectivity index (χ2n) is 7.69. The Morgan fingerprint density at radius 3 is 2.54 bits per heavy atom. The standard InChI is InChI=1S/C25H24N6O4/c1-3-35-21(32)14-26-24-23(31(33)34)25(28-15-27-24)29-16(2)19-13-18-11-7-8-12-20(18)30-22(19)17-9-5-4-6-10-17/h4-13,15-16H,3,14H2,1-2H3,(H2,26,27,28,29). The SMILES string of the molecule is CCOC(=O)CNc1ncnc(NC(C)c2cc3ccccc3nc2-c2ccccc2)c1[N+](=O)[O-]. The number of rotatable bonds is 9. The molecule has 4 aromatic rings. The molecule has 10 heteroatoms. The van der Waals surface area contributed by atoms with E-state index in [4.69, 9.17) is 9.72 Å². The molecule has 1 atom stereocenters. The first kappa shape index (κ1) is 23.6. The van der Waals surface area contributed by atoms with Gasteiger partial charge in [-0.2, -0.15) is 0 Å². The first-order valence-electron chi connectivity index (χ1n) is 11.1. The Labute approximate surface area is 201 Å². The third-order valence-electron chi connectivity index (χ3n) is 5.33. The summed E-state index contributed by atoms with van der Waals surface area (Å²) in [5.74, 6) is -0.596. The molecule has 10 nitrogen and oxygen atoms in total. The lowest BCUT2D eigenvalue weighted by Gasteiger charge is -2.19. The predicted octanol–water partition coefficient (Wildman–Crippen LogP) is 4.75. The third-order valence-corrected chi connectivity index (χ3v) is 5.33. The Morgan fingerprint density at radius 1 is 1.09 bits per heavy atom. The zero-order valence-electron chi connectivity index (χ0n) is 19.3. The van der Waals surface area contributed by atoms with E-state index in [1.165, 1.54) is 6.33 Å². The molecule has 0 aliphatic heterocycles.